The lowest BCUT2D eigenvalue weighted by Crippen LogP contribution is -2.09. The molecule has 6 heteroatoms. The summed E-state index contributed by atoms with van der Waals surface area (Å²) in [5.74, 6) is -0.745. The zero-order valence-electron chi connectivity index (χ0n) is 10.2. The first kappa shape index (κ1) is 14.0. The summed E-state index contributed by atoms with van der Waals surface area (Å²) in [5, 5.41) is 4.86. The van der Waals surface area contributed by atoms with Gasteiger partial charge in [0.15, 0.2) is 0 Å². The predicted molar refractivity (Wildman–Crippen MR) is 79.0 cm³/mol. The Balaban J connectivity index is 2.09. The number of carbonyl (C=O) groups is 1. The van der Waals surface area contributed by atoms with Crippen molar-refractivity contribution in [2.45, 2.75) is 13.5 Å². The van der Waals surface area contributed by atoms with Crippen LogP contribution in [0.25, 0.3) is 0 Å². The first-order chi connectivity index (χ1) is 8.97. The van der Waals surface area contributed by atoms with E-state index in [1.165, 1.54) is 17.4 Å². The Kier molecular flexibility index (Phi) is 4.21. The molecule has 0 unspecified atom stereocenters. The minimum Gasteiger partial charge on any atom is -0.380 e. The summed E-state index contributed by atoms with van der Waals surface area (Å²) in [6.07, 6.45) is 0. The van der Waals surface area contributed by atoms with Crippen LogP contribution in [0.3, 0.4) is 0 Å². The Bertz CT molecular complexity index is 627. The van der Waals surface area contributed by atoms with Gasteiger partial charge in [-0.2, -0.15) is 0 Å². The Morgan fingerprint density at radius 3 is 2.84 bits per heavy atom. The van der Waals surface area contributed by atoms with Crippen LogP contribution in [0, 0.1) is 12.7 Å². The molecule has 0 saturated carbocycles. The number of amides is 1. The van der Waals surface area contributed by atoms with Gasteiger partial charge in [-0.05, 0) is 46.6 Å². The van der Waals surface area contributed by atoms with Crippen molar-refractivity contribution in [1.82, 2.24) is 0 Å². The molecule has 0 bridgehead atoms. The van der Waals surface area contributed by atoms with Crippen molar-refractivity contribution in [1.29, 1.82) is 0 Å². The molecule has 3 N–H and O–H groups in total. The van der Waals surface area contributed by atoms with Gasteiger partial charge in [-0.15, -0.1) is 11.3 Å². The average Bonchev–Trinajstić information content (AvgIpc) is 2.81. The van der Waals surface area contributed by atoms with Gasteiger partial charge in [-0.3, -0.25) is 4.79 Å². The van der Waals surface area contributed by atoms with E-state index in [-0.39, 0.29) is 5.82 Å². The number of nitrogens with one attached hydrogen (secondary N) is 1. The third-order valence-corrected chi connectivity index (χ3v) is 4.20. The summed E-state index contributed by atoms with van der Waals surface area (Å²) in [6, 6.07) is 4.91. The Labute approximate surface area is 122 Å². The molecule has 2 aromatic rings. The molecular formula is C13H12BrFN2OS. The van der Waals surface area contributed by atoms with Crippen molar-refractivity contribution in [3.05, 3.63) is 49.9 Å². The molecule has 0 saturated heterocycles. The first-order valence-corrected chi connectivity index (χ1v) is 7.21. The zero-order chi connectivity index (χ0) is 14.0. The molecule has 0 atom stereocenters. The summed E-state index contributed by atoms with van der Waals surface area (Å²) < 4.78 is 13.9. The molecule has 1 heterocycles. The summed E-state index contributed by atoms with van der Waals surface area (Å²) in [7, 11) is 0. The van der Waals surface area contributed by atoms with Crippen molar-refractivity contribution >= 4 is 38.9 Å². The number of hydrogen-bond acceptors (Lipinski definition) is 3. The standard InChI is InChI=1S/C13H12BrFN2OS/c1-7-2-10(14)11(15)4-12(7)17-5-9-3-8(6-19-9)13(16)18/h2-4,6,17H,5H2,1H3,(H2,16,18). The van der Waals surface area contributed by atoms with Gasteiger partial charge in [0.05, 0.1) is 10.0 Å². The fourth-order valence-corrected chi connectivity index (χ4v) is 2.89. The number of benzene rings is 1. The van der Waals surface area contributed by atoms with E-state index in [9.17, 15) is 9.18 Å². The second-order valence-corrected chi connectivity index (χ2v) is 5.95. The Morgan fingerprint density at radius 1 is 1.47 bits per heavy atom. The van der Waals surface area contributed by atoms with Gasteiger partial charge in [0.25, 0.3) is 0 Å². The van der Waals surface area contributed by atoms with E-state index >= 15 is 0 Å². The largest absolute Gasteiger partial charge is 0.380 e. The van der Waals surface area contributed by atoms with Gasteiger partial charge in [-0.25, -0.2) is 4.39 Å². The molecule has 0 aliphatic heterocycles. The van der Waals surface area contributed by atoms with Crippen LogP contribution in [0.4, 0.5) is 10.1 Å². The monoisotopic (exact) mass is 342 g/mol. The quantitative estimate of drug-likeness (QED) is 0.890. The third kappa shape index (κ3) is 3.33. The second-order valence-electron chi connectivity index (χ2n) is 4.10. The molecule has 0 aliphatic rings. The highest BCUT2D eigenvalue weighted by Gasteiger charge is 2.07. The van der Waals surface area contributed by atoms with Crippen LogP contribution >= 0.6 is 27.3 Å². The lowest BCUT2D eigenvalue weighted by Gasteiger charge is -2.09. The summed E-state index contributed by atoms with van der Waals surface area (Å²) in [5.41, 5.74) is 7.36. The van der Waals surface area contributed by atoms with E-state index in [4.69, 9.17) is 5.73 Å². The Hall–Kier alpha value is -1.40. The number of rotatable bonds is 4. The van der Waals surface area contributed by atoms with E-state index in [1.807, 2.05) is 6.92 Å². The van der Waals surface area contributed by atoms with Gasteiger partial charge in [-0.1, -0.05) is 0 Å². The fourth-order valence-electron chi connectivity index (χ4n) is 1.62. The smallest absolute Gasteiger partial charge is 0.249 e. The molecule has 1 aromatic heterocycles. The topological polar surface area (TPSA) is 55.1 Å². The van der Waals surface area contributed by atoms with E-state index < -0.39 is 5.91 Å². The number of aryl methyl sites for hydroxylation is 1. The highest BCUT2D eigenvalue weighted by molar-refractivity contribution is 9.10. The zero-order valence-corrected chi connectivity index (χ0v) is 12.6. The maximum atomic E-state index is 13.4. The fraction of sp³-hybridized carbons (Fsp3) is 0.154. The van der Waals surface area contributed by atoms with E-state index in [0.29, 0.717) is 16.6 Å². The lowest BCUT2D eigenvalue weighted by atomic mass is 10.2. The van der Waals surface area contributed by atoms with Crippen molar-refractivity contribution < 1.29 is 9.18 Å². The van der Waals surface area contributed by atoms with Gasteiger partial charge in [0.1, 0.15) is 5.82 Å². The minimum absolute atomic E-state index is 0.308. The normalized spacial score (nSPS) is 10.5. The number of hydrogen-bond donors (Lipinski definition) is 2. The van der Waals surface area contributed by atoms with Gasteiger partial charge in [0, 0.05) is 22.5 Å². The number of primary amides is 1. The van der Waals surface area contributed by atoms with Crippen molar-refractivity contribution in [2.75, 3.05) is 5.32 Å². The molecule has 3 nitrogen and oxygen atoms in total. The maximum absolute atomic E-state index is 13.4. The number of carbonyl (C=O) groups excluding carboxylic acids is 1. The lowest BCUT2D eigenvalue weighted by molar-refractivity contribution is 0.100. The third-order valence-electron chi connectivity index (χ3n) is 2.66. The number of nitrogens with two attached hydrogens (primary N) is 1. The number of thiophene rings is 1. The average molecular weight is 343 g/mol. The van der Waals surface area contributed by atoms with Crippen LogP contribution in [0.5, 0.6) is 0 Å². The molecule has 19 heavy (non-hydrogen) atoms. The summed E-state index contributed by atoms with van der Waals surface area (Å²) in [4.78, 5) is 11.9. The molecule has 100 valence electrons. The van der Waals surface area contributed by atoms with Gasteiger partial charge in [0.2, 0.25) is 5.91 Å². The highest BCUT2D eigenvalue weighted by atomic mass is 79.9. The molecule has 0 fully saturated rings. The maximum Gasteiger partial charge on any atom is 0.249 e. The van der Waals surface area contributed by atoms with Crippen molar-refractivity contribution in [3.8, 4) is 0 Å². The Morgan fingerprint density at radius 2 is 2.21 bits per heavy atom. The van der Waals surface area contributed by atoms with Crippen LogP contribution < -0.4 is 11.1 Å². The molecular weight excluding hydrogens is 331 g/mol. The van der Waals surface area contributed by atoms with Crippen molar-refractivity contribution in [3.63, 3.8) is 0 Å². The van der Waals surface area contributed by atoms with Crippen LogP contribution in [0.2, 0.25) is 0 Å². The molecule has 0 aliphatic carbocycles. The number of anilines is 1. The molecule has 2 rings (SSSR count). The molecule has 0 radical (unpaired) electrons. The SMILES string of the molecule is Cc1cc(Br)c(F)cc1NCc1cc(C(N)=O)cs1. The highest BCUT2D eigenvalue weighted by Crippen LogP contribution is 2.25. The van der Waals surface area contributed by atoms with Crippen LogP contribution in [0.1, 0.15) is 20.8 Å². The molecule has 1 aromatic carbocycles. The second kappa shape index (κ2) is 5.71. The number of halogens is 2. The van der Waals surface area contributed by atoms with E-state index in [0.717, 1.165) is 16.1 Å². The van der Waals surface area contributed by atoms with Crippen molar-refractivity contribution in [2.24, 2.45) is 5.73 Å². The van der Waals surface area contributed by atoms with Crippen LogP contribution in [-0.2, 0) is 6.54 Å². The van der Waals surface area contributed by atoms with Gasteiger partial charge < -0.3 is 11.1 Å². The van der Waals surface area contributed by atoms with E-state index in [1.54, 1.807) is 17.5 Å². The predicted octanol–water partition coefficient (Wildman–Crippen LogP) is 3.67. The van der Waals surface area contributed by atoms with E-state index in [2.05, 4.69) is 21.2 Å². The minimum atomic E-state index is -0.437. The van der Waals surface area contributed by atoms with Crippen LogP contribution in [-0.4, -0.2) is 5.91 Å². The van der Waals surface area contributed by atoms with Crippen LogP contribution in [0.15, 0.2) is 28.1 Å². The first-order valence-electron chi connectivity index (χ1n) is 5.54. The summed E-state index contributed by atoms with van der Waals surface area (Å²) >= 11 is 4.59. The summed E-state index contributed by atoms with van der Waals surface area (Å²) in [6.45, 7) is 2.43. The molecule has 0 spiro atoms. The van der Waals surface area contributed by atoms with Gasteiger partial charge >= 0.3 is 0 Å². The molecule has 1 amide bonds.